The summed E-state index contributed by atoms with van der Waals surface area (Å²) in [7, 11) is 0. The van der Waals surface area contributed by atoms with Gasteiger partial charge in [0.05, 0.1) is 5.41 Å². The van der Waals surface area contributed by atoms with Crippen LogP contribution < -0.4 is 5.32 Å². The van der Waals surface area contributed by atoms with E-state index in [1.165, 1.54) is 0 Å². The fraction of sp³-hybridized carbons (Fsp3) is 0.500. The quantitative estimate of drug-likeness (QED) is 0.703. The minimum atomic E-state index is -1.02. The molecule has 0 bridgehead atoms. The van der Waals surface area contributed by atoms with Crippen LogP contribution >= 0.6 is 0 Å². The van der Waals surface area contributed by atoms with Crippen LogP contribution in [0.2, 0.25) is 0 Å². The van der Waals surface area contributed by atoms with E-state index in [2.05, 4.69) is 5.32 Å². The number of aliphatic carboxylic acids is 1. The van der Waals surface area contributed by atoms with Gasteiger partial charge >= 0.3 is 5.97 Å². The number of carboxylic acids is 1. The first kappa shape index (κ1) is 17.0. The Balaban J connectivity index is 2.92. The molecule has 0 aliphatic heterocycles. The Morgan fingerprint density at radius 1 is 1.14 bits per heavy atom. The summed E-state index contributed by atoms with van der Waals surface area (Å²) >= 11 is 0. The van der Waals surface area contributed by atoms with E-state index in [9.17, 15) is 19.8 Å². The first-order valence-electron chi connectivity index (χ1n) is 7.09. The van der Waals surface area contributed by atoms with E-state index >= 15 is 0 Å². The van der Waals surface area contributed by atoms with Gasteiger partial charge in [0.2, 0.25) is 5.91 Å². The lowest BCUT2D eigenvalue weighted by atomic mass is 9.79. The molecule has 1 amide bonds. The number of aryl methyl sites for hydroxylation is 2. The summed E-state index contributed by atoms with van der Waals surface area (Å²) in [6.07, 6.45) is 0.744. The van der Waals surface area contributed by atoms with Gasteiger partial charge in [-0.1, -0.05) is 13.8 Å². The van der Waals surface area contributed by atoms with Crippen molar-refractivity contribution in [3.05, 3.63) is 23.3 Å². The summed E-state index contributed by atoms with van der Waals surface area (Å²) in [5.41, 5.74) is 0.970. The average Bonchev–Trinajstić information content (AvgIpc) is 2.42. The maximum absolute atomic E-state index is 12.2. The predicted molar refractivity (Wildman–Crippen MR) is 81.5 cm³/mol. The number of carboxylic acid groups (broad SMARTS) is 1. The van der Waals surface area contributed by atoms with Gasteiger partial charge in [-0.2, -0.15) is 0 Å². The topological polar surface area (TPSA) is 86.6 Å². The van der Waals surface area contributed by atoms with Crippen LogP contribution in [0.1, 0.15) is 44.2 Å². The van der Waals surface area contributed by atoms with Gasteiger partial charge in [0.25, 0.3) is 0 Å². The van der Waals surface area contributed by atoms with Gasteiger partial charge in [0.1, 0.15) is 5.75 Å². The second kappa shape index (κ2) is 6.61. The summed E-state index contributed by atoms with van der Waals surface area (Å²) in [5.74, 6) is -1.09. The summed E-state index contributed by atoms with van der Waals surface area (Å²) in [6, 6.07) is 3.26. The summed E-state index contributed by atoms with van der Waals surface area (Å²) < 4.78 is 0. The molecule has 0 saturated heterocycles. The number of benzene rings is 1. The highest BCUT2D eigenvalue weighted by Crippen LogP contribution is 2.32. The molecule has 1 aromatic carbocycles. The Kier molecular flexibility index (Phi) is 5.35. The molecule has 21 heavy (non-hydrogen) atoms. The van der Waals surface area contributed by atoms with Gasteiger partial charge in [-0.3, -0.25) is 9.59 Å². The van der Waals surface area contributed by atoms with Crippen molar-refractivity contribution >= 4 is 17.6 Å². The zero-order valence-electron chi connectivity index (χ0n) is 13.0. The van der Waals surface area contributed by atoms with Crippen LogP contribution in [0.25, 0.3) is 0 Å². The van der Waals surface area contributed by atoms with Crippen molar-refractivity contribution in [1.29, 1.82) is 0 Å². The summed E-state index contributed by atoms with van der Waals surface area (Å²) in [4.78, 5) is 23.6. The highest BCUT2D eigenvalue weighted by molar-refractivity contribution is 5.95. The zero-order valence-corrected chi connectivity index (χ0v) is 13.0. The van der Waals surface area contributed by atoms with Gasteiger partial charge in [-0.15, -0.1) is 0 Å². The van der Waals surface area contributed by atoms with E-state index < -0.39 is 11.4 Å². The molecule has 0 atom stereocenters. The molecule has 3 N–H and O–H groups in total. The van der Waals surface area contributed by atoms with E-state index in [4.69, 9.17) is 0 Å². The molecule has 0 heterocycles. The highest BCUT2D eigenvalue weighted by atomic mass is 16.4. The number of phenolic OH excluding ortho intramolecular Hbond substituents is 1. The van der Waals surface area contributed by atoms with Crippen LogP contribution in [-0.4, -0.2) is 22.1 Å². The van der Waals surface area contributed by atoms with E-state index in [1.807, 2.05) is 0 Å². The zero-order chi connectivity index (χ0) is 16.2. The third-order valence-corrected chi connectivity index (χ3v) is 4.12. The molecule has 0 fully saturated rings. The monoisotopic (exact) mass is 293 g/mol. The minimum absolute atomic E-state index is 0.0608. The molecule has 5 heteroatoms. The van der Waals surface area contributed by atoms with Crippen LogP contribution in [0.3, 0.4) is 0 Å². The number of rotatable bonds is 6. The molecule has 0 aromatic heterocycles. The lowest BCUT2D eigenvalue weighted by Crippen LogP contribution is -2.34. The van der Waals surface area contributed by atoms with Crippen molar-refractivity contribution < 1.29 is 19.8 Å². The molecule has 0 radical (unpaired) electrons. The van der Waals surface area contributed by atoms with Gasteiger partial charge < -0.3 is 15.5 Å². The normalized spacial score (nSPS) is 11.2. The number of carbonyl (C=O) groups excluding carboxylic acids is 1. The first-order valence-corrected chi connectivity index (χ1v) is 7.09. The highest BCUT2D eigenvalue weighted by Gasteiger charge is 2.37. The lowest BCUT2D eigenvalue weighted by Gasteiger charge is -2.26. The van der Waals surface area contributed by atoms with Crippen molar-refractivity contribution in [3.8, 4) is 5.75 Å². The molecule has 0 aliphatic rings. The van der Waals surface area contributed by atoms with Crippen LogP contribution in [0.15, 0.2) is 12.1 Å². The van der Waals surface area contributed by atoms with Crippen LogP contribution in [0.4, 0.5) is 5.69 Å². The Labute approximate surface area is 125 Å². The third kappa shape index (κ3) is 3.74. The summed E-state index contributed by atoms with van der Waals surface area (Å²) in [5, 5.41) is 21.7. The number of amides is 1. The Hall–Kier alpha value is -2.04. The van der Waals surface area contributed by atoms with Gasteiger partial charge in [-0.05, 0) is 49.9 Å². The number of phenols is 1. The van der Waals surface area contributed by atoms with E-state index in [1.54, 1.807) is 39.8 Å². The van der Waals surface area contributed by atoms with E-state index in [0.29, 0.717) is 24.1 Å². The second-order valence-electron chi connectivity index (χ2n) is 5.47. The molecule has 0 saturated carbocycles. The minimum Gasteiger partial charge on any atom is -0.508 e. The molecular formula is C16H23NO4. The van der Waals surface area contributed by atoms with Crippen molar-refractivity contribution in [2.24, 2.45) is 5.41 Å². The first-order chi connectivity index (χ1) is 9.75. The molecule has 0 unspecified atom stereocenters. The number of carbonyl (C=O) groups is 2. The fourth-order valence-corrected chi connectivity index (χ4v) is 2.32. The number of anilines is 1. The molecule has 0 spiro atoms. The van der Waals surface area contributed by atoms with Crippen molar-refractivity contribution in [1.82, 2.24) is 0 Å². The maximum Gasteiger partial charge on any atom is 0.310 e. The number of hydrogen-bond donors (Lipinski definition) is 3. The molecule has 0 aliphatic carbocycles. The predicted octanol–water partition coefficient (Wildman–Crippen LogP) is 3.23. The van der Waals surface area contributed by atoms with Crippen molar-refractivity contribution in [2.75, 3.05) is 5.32 Å². The second-order valence-corrected chi connectivity index (χ2v) is 5.47. The fourth-order valence-electron chi connectivity index (χ4n) is 2.32. The molecule has 1 rings (SSSR count). The Bertz CT molecular complexity index is 547. The van der Waals surface area contributed by atoms with Crippen LogP contribution in [-0.2, 0) is 9.59 Å². The van der Waals surface area contributed by atoms with Gasteiger partial charge in [0, 0.05) is 12.1 Å². The number of aromatic hydroxyl groups is 1. The lowest BCUT2D eigenvalue weighted by molar-refractivity contribution is -0.151. The Morgan fingerprint density at radius 2 is 1.71 bits per heavy atom. The molecule has 116 valence electrons. The third-order valence-electron chi connectivity index (χ3n) is 4.12. The SMILES string of the molecule is CCC(CC)(CC(=O)Nc1cc(C)c(O)cc1C)C(=O)O. The maximum atomic E-state index is 12.2. The number of hydrogen-bond acceptors (Lipinski definition) is 3. The van der Waals surface area contributed by atoms with Crippen molar-refractivity contribution in [2.45, 2.75) is 47.0 Å². The standard InChI is InChI=1S/C16H23NO4/c1-5-16(6-2,15(20)21)9-14(19)17-12-7-11(4)13(18)8-10(12)3/h7-8,18H,5-6,9H2,1-4H3,(H,17,19)(H,20,21). The van der Waals surface area contributed by atoms with E-state index in [-0.39, 0.29) is 18.1 Å². The number of nitrogens with one attached hydrogen (secondary N) is 1. The summed E-state index contributed by atoms with van der Waals surface area (Å²) in [6.45, 7) is 7.07. The Morgan fingerprint density at radius 3 is 2.19 bits per heavy atom. The van der Waals surface area contributed by atoms with E-state index in [0.717, 1.165) is 5.56 Å². The largest absolute Gasteiger partial charge is 0.508 e. The van der Waals surface area contributed by atoms with Crippen LogP contribution in [0.5, 0.6) is 5.75 Å². The molecule has 1 aromatic rings. The average molecular weight is 293 g/mol. The molecular weight excluding hydrogens is 270 g/mol. The van der Waals surface area contributed by atoms with Crippen LogP contribution in [0, 0.1) is 19.3 Å². The molecule has 5 nitrogen and oxygen atoms in total. The smallest absolute Gasteiger partial charge is 0.310 e. The van der Waals surface area contributed by atoms with Crippen molar-refractivity contribution in [3.63, 3.8) is 0 Å². The van der Waals surface area contributed by atoms with Gasteiger partial charge in [-0.25, -0.2) is 0 Å². The van der Waals surface area contributed by atoms with Gasteiger partial charge in [0.15, 0.2) is 0 Å².